The summed E-state index contributed by atoms with van der Waals surface area (Å²) in [7, 11) is 6.08. The van der Waals surface area contributed by atoms with E-state index in [4.69, 9.17) is 18.9 Å². The summed E-state index contributed by atoms with van der Waals surface area (Å²) in [6, 6.07) is 33.7. The fourth-order valence-electron chi connectivity index (χ4n) is 9.01. The highest BCUT2D eigenvalue weighted by molar-refractivity contribution is 5.76. The van der Waals surface area contributed by atoms with Crippen LogP contribution in [0.1, 0.15) is 97.2 Å². The van der Waals surface area contributed by atoms with Crippen LogP contribution in [0.5, 0.6) is 69.0 Å². The van der Waals surface area contributed by atoms with Gasteiger partial charge >= 0.3 is 0 Å². The minimum absolute atomic E-state index is 0.0736. The van der Waals surface area contributed by atoms with E-state index in [1.165, 1.54) is 52.7 Å². The van der Waals surface area contributed by atoms with Crippen LogP contribution >= 0.6 is 0 Å². The summed E-state index contributed by atoms with van der Waals surface area (Å²) in [4.78, 5) is 0. The number of hydrogen-bond donors (Lipinski definition) is 8. The number of rotatable bonds is 19. The Morgan fingerprint density at radius 2 is 0.506 bits per heavy atom. The van der Waals surface area contributed by atoms with Gasteiger partial charge in [-0.3, -0.25) is 0 Å². The van der Waals surface area contributed by atoms with Crippen LogP contribution in [0, 0.1) is 0 Å². The topological polar surface area (TPSA) is 298 Å². The van der Waals surface area contributed by atoms with Crippen molar-refractivity contribution in [2.24, 2.45) is 40.9 Å². The molecule has 3 unspecified atom stereocenters. The second-order valence-electron chi connectivity index (χ2n) is 19.1. The standard InChI is InChI=1S/C61H60N8O12/c1-31(2)44-28-45(57(73)52(56(44)72)67-63-36-12-20-40(79-7)21-13-36)33(4)48-30-49(61(77)54(60(48)76)69-65-38-16-24-42(81-9)25-17-38)34(5)47-29-46(58(74)53(59(47)75)68-64-37-14-22-41(80-8)23-15-37)32(3)43-26-27-50(70)51(55(43)71)66-62-35-10-18-39(78-6)19-11-35/h10-34,70-77H,1-9H3. The highest BCUT2D eigenvalue weighted by Crippen LogP contribution is 2.56. The summed E-state index contributed by atoms with van der Waals surface area (Å²) in [5.74, 6) is -4.75. The first-order valence-corrected chi connectivity index (χ1v) is 25.4. The number of azo groups is 4. The zero-order valence-corrected chi connectivity index (χ0v) is 45.7. The second-order valence-corrected chi connectivity index (χ2v) is 19.1. The van der Waals surface area contributed by atoms with Gasteiger partial charge in [0.2, 0.25) is 0 Å². The number of benzene rings is 8. The normalized spacial score (nSPS) is 12.9. The maximum absolute atomic E-state index is 12.4. The molecule has 0 aliphatic heterocycles. The van der Waals surface area contributed by atoms with E-state index in [2.05, 4.69) is 40.9 Å². The molecule has 0 fully saturated rings. The van der Waals surface area contributed by atoms with Gasteiger partial charge in [-0.15, -0.1) is 20.5 Å². The Balaban J connectivity index is 1.31. The van der Waals surface area contributed by atoms with Crippen molar-refractivity contribution in [1.29, 1.82) is 0 Å². The molecule has 20 nitrogen and oxygen atoms in total. The van der Waals surface area contributed by atoms with E-state index < -0.39 is 52.3 Å². The van der Waals surface area contributed by atoms with Gasteiger partial charge in [0.1, 0.15) is 34.5 Å². The van der Waals surface area contributed by atoms with Gasteiger partial charge in [0.25, 0.3) is 0 Å². The average Bonchev–Trinajstić information content (AvgIpc) is 3.59. The van der Waals surface area contributed by atoms with Crippen LogP contribution < -0.4 is 18.9 Å². The van der Waals surface area contributed by atoms with Gasteiger partial charge < -0.3 is 59.8 Å². The van der Waals surface area contributed by atoms with Gasteiger partial charge in [-0.05, 0) is 133 Å². The van der Waals surface area contributed by atoms with Crippen LogP contribution in [0.25, 0.3) is 0 Å². The molecule has 81 heavy (non-hydrogen) atoms. The Hall–Kier alpha value is -10.2. The van der Waals surface area contributed by atoms with Crippen molar-refractivity contribution in [3.8, 4) is 69.0 Å². The molecule has 8 rings (SSSR count). The molecule has 0 spiro atoms. The van der Waals surface area contributed by atoms with Gasteiger partial charge in [0.15, 0.2) is 57.2 Å². The Bertz CT molecular complexity index is 3700. The molecule has 0 saturated carbocycles. The van der Waals surface area contributed by atoms with Gasteiger partial charge in [-0.2, -0.15) is 20.5 Å². The number of phenolic OH excluding ortho intramolecular Hbond substituents is 8. The molecule has 0 bridgehead atoms. The van der Waals surface area contributed by atoms with Crippen LogP contribution in [-0.2, 0) is 0 Å². The Labute approximate surface area is 466 Å². The first-order chi connectivity index (χ1) is 38.9. The maximum atomic E-state index is 12.4. The van der Waals surface area contributed by atoms with Crippen molar-refractivity contribution < 1.29 is 59.8 Å². The Morgan fingerprint density at radius 3 is 0.778 bits per heavy atom. The van der Waals surface area contributed by atoms with Crippen LogP contribution in [-0.4, -0.2) is 69.3 Å². The maximum Gasteiger partial charge on any atom is 0.169 e. The van der Waals surface area contributed by atoms with Gasteiger partial charge in [-0.25, -0.2) is 0 Å². The summed E-state index contributed by atoms with van der Waals surface area (Å²) < 4.78 is 21.1. The van der Waals surface area contributed by atoms with E-state index in [9.17, 15) is 40.9 Å². The lowest BCUT2D eigenvalue weighted by Gasteiger charge is -2.25. The fraction of sp³-hybridized carbons (Fsp3) is 0.213. The van der Waals surface area contributed by atoms with Gasteiger partial charge in [-0.1, -0.05) is 40.7 Å². The van der Waals surface area contributed by atoms with Crippen LogP contribution in [0.15, 0.2) is 168 Å². The molecule has 8 aromatic rings. The summed E-state index contributed by atoms with van der Waals surface area (Å²) in [5, 5.41) is 130. The number of ether oxygens (including phenoxy) is 4. The molecule has 8 N–H and O–H groups in total. The molecule has 3 atom stereocenters. The van der Waals surface area contributed by atoms with E-state index in [-0.39, 0.29) is 73.5 Å². The third-order valence-electron chi connectivity index (χ3n) is 13.9. The van der Waals surface area contributed by atoms with Gasteiger partial charge in [0, 0.05) is 51.1 Å². The minimum Gasteiger partial charge on any atom is -0.505 e. The quantitative estimate of drug-likeness (QED) is 0.0351. The van der Waals surface area contributed by atoms with E-state index in [0.717, 1.165) is 0 Å². The number of hydrogen-bond acceptors (Lipinski definition) is 20. The largest absolute Gasteiger partial charge is 0.505 e. The summed E-state index contributed by atoms with van der Waals surface area (Å²) in [6.07, 6.45) is 0. The van der Waals surface area contributed by atoms with Crippen molar-refractivity contribution in [2.45, 2.75) is 58.3 Å². The van der Waals surface area contributed by atoms with Crippen molar-refractivity contribution in [3.05, 3.63) is 166 Å². The molecule has 0 aromatic heterocycles. The fourth-order valence-corrected chi connectivity index (χ4v) is 9.01. The van der Waals surface area contributed by atoms with Gasteiger partial charge in [0.05, 0.1) is 51.2 Å². The minimum atomic E-state index is -1.07. The first-order valence-electron chi connectivity index (χ1n) is 25.4. The molecule has 0 aliphatic rings. The smallest absolute Gasteiger partial charge is 0.169 e. The lowest BCUT2D eigenvalue weighted by Crippen LogP contribution is -2.06. The lowest BCUT2D eigenvalue weighted by molar-refractivity contribution is 0.414. The molecule has 0 heterocycles. The number of methoxy groups -OCH3 is 4. The van der Waals surface area contributed by atoms with Crippen molar-refractivity contribution in [1.82, 2.24) is 0 Å². The average molecular weight is 1100 g/mol. The predicted octanol–water partition coefficient (Wildman–Crippen LogP) is 16.6. The second kappa shape index (κ2) is 24.6. The summed E-state index contributed by atoms with van der Waals surface area (Å²) >= 11 is 0. The third kappa shape index (κ3) is 12.1. The SMILES string of the molecule is COc1ccc(N=Nc2c(O)ccc(C(C)c3cc(C(C)c4cc(C(C)c5cc(C(C)C)c(O)c(N=Nc6ccc(OC)cc6)c5O)c(O)c(N=Nc5ccc(OC)cc5)c4O)c(O)c(N=Nc4ccc(OC)cc4)c3O)c2O)cc1. The van der Waals surface area contributed by atoms with E-state index in [1.54, 1.807) is 124 Å². The molecular weight excluding hydrogens is 1040 g/mol. The van der Waals surface area contributed by atoms with Crippen LogP contribution in [0.4, 0.5) is 45.5 Å². The zero-order chi connectivity index (χ0) is 58.2. The molecule has 0 saturated heterocycles. The van der Waals surface area contributed by atoms with E-state index in [1.807, 2.05) is 13.8 Å². The molecule has 416 valence electrons. The number of phenols is 8. The Kier molecular flexibility index (Phi) is 17.3. The number of nitrogens with zero attached hydrogens (tertiary/aromatic N) is 8. The first kappa shape index (κ1) is 56.9. The lowest BCUT2D eigenvalue weighted by atomic mass is 9.82. The predicted molar refractivity (Wildman–Crippen MR) is 304 cm³/mol. The number of aromatic hydroxyl groups is 8. The molecule has 0 amide bonds. The molecule has 0 aliphatic carbocycles. The summed E-state index contributed by atoms with van der Waals surface area (Å²) in [6.45, 7) is 8.70. The highest BCUT2D eigenvalue weighted by Gasteiger charge is 2.32. The zero-order valence-electron chi connectivity index (χ0n) is 45.7. The van der Waals surface area contributed by atoms with E-state index in [0.29, 0.717) is 51.3 Å². The molecule has 0 radical (unpaired) electrons. The third-order valence-corrected chi connectivity index (χ3v) is 13.9. The molecule has 8 aromatic carbocycles. The van der Waals surface area contributed by atoms with Crippen LogP contribution in [0.3, 0.4) is 0 Å². The molecular formula is C61H60N8O12. The summed E-state index contributed by atoms with van der Waals surface area (Å²) in [5.41, 5.74) is 1.36. The van der Waals surface area contributed by atoms with Crippen molar-refractivity contribution >= 4 is 45.5 Å². The van der Waals surface area contributed by atoms with E-state index >= 15 is 0 Å². The molecule has 20 heteroatoms. The van der Waals surface area contributed by atoms with Crippen molar-refractivity contribution in [3.63, 3.8) is 0 Å². The van der Waals surface area contributed by atoms with Crippen LogP contribution in [0.2, 0.25) is 0 Å². The highest BCUT2D eigenvalue weighted by atomic mass is 16.5. The van der Waals surface area contributed by atoms with Crippen molar-refractivity contribution in [2.75, 3.05) is 28.4 Å². The monoisotopic (exact) mass is 1100 g/mol. The Morgan fingerprint density at radius 1 is 0.272 bits per heavy atom.